The molecule has 0 aliphatic carbocycles. The van der Waals surface area contributed by atoms with Crippen molar-refractivity contribution < 1.29 is 0 Å². The molecular formula is C30H46S4. The van der Waals surface area contributed by atoms with Gasteiger partial charge in [0.1, 0.15) is 0 Å². The molecule has 0 saturated heterocycles. The molecule has 190 valence electrons. The van der Waals surface area contributed by atoms with Crippen molar-refractivity contribution in [2.75, 3.05) is 47.0 Å². The lowest BCUT2D eigenvalue weighted by molar-refractivity contribution is 0.360. The van der Waals surface area contributed by atoms with Crippen LogP contribution in [0.2, 0.25) is 0 Å². The third kappa shape index (κ3) is 10.8. The van der Waals surface area contributed by atoms with Crippen molar-refractivity contribution in [2.45, 2.75) is 63.2 Å². The first-order valence-corrected chi connectivity index (χ1v) is 17.9. The minimum Gasteiger partial charge on any atom is -0.165 e. The van der Waals surface area contributed by atoms with Crippen molar-refractivity contribution in [1.82, 2.24) is 0 Å². The Balaban J connectivity index is 1.95. The van der Waals surface area contributed by atoms with Crippen LogP contribution < -0.4 is 0 Å². The lowest BCUT2D eigenvalue weighted by Gasteiger charge is -2.33. The molecule has 0 spiro atoms. The van der Waals surface area contributed by atoms with Gasteiger partial charge in [-0.25, -0.2) is 0 Å². The van der Waals surface area contributed by atoms with E-state index >= 15 is 0 Å². The minimum absolute atomic E-state index is 0.282. The maximum Gasteiger partial charge on any atom is 0.00234 e. The number of hydrogen-bond donors (Lipinski definition) is 0. The average molecular weight is 535 g/mol. The van der Waals surface area contributed by atoms with Gasteiger partial charge >= 0.3 is 0 Å². The van der Waals surface area contributed by atoms with Crippen molar-refractivity contribution in [2.24, 2.45) is 0 Å². The quantitative estimate of drug-likeness (QED) is 0.164. The van der Waals surface area contributed by atoms with Gasteiger partial charge in [0, 0.05) is 23.0 Å². The van der Waals surface area contributed by atoms with Gasteiger partial charge in [-0.15, -0.1) is 0 Å². The van der Waals surface area contributed by atoms with Crippen LogP contribution in [-0.2, 0) is 10.8 Å². The molecule has 0 N–H and O–H groups in total. The first-order chi connectivity index (χ1) is 16.5. The van der Waals surface area contributed by atoms with E-state index in [1.165, 1.54) is 84.2 Å². The summed E-state index contributed by atoms with van der Waals surface area (Å²) in [5.41, 5.74) is 3.61. The number of rotatable bonds is 19. The molecule has 34 heavy (non-hydrogen) atoms. The highest BCUT2D eigenvalue weighted by atomic mass is 32.2. The van der Waals surface area contributed by atoms with Crippen molar-refractivity contribution >= 4 is 47.0 Å². The molecule has 2 unspecified atom stereocenters. The summed E-state index contributed by atoms with van der Waals surface area (Å²) in [6, 6.07) is 22.6. The van der Waals surface area contributed by atoms with Crippen LogP contribution in [0, 0.1) is 0 Å². The summed E-state index contributed by atoms with van der Waals surface area (Å²) in [6.45, 7) is 5.02. The van der Waals surface area contributed by atoms with Crippen molar-refractivity contribution in [1.29, 1.82) is 0 Å². The minimum atomic E-state index is 0.282. The Bertz CT molecular complexity index is 685. The molecule has 0 bridgehead atoms. The number of hydrogen-bond acceptors (Lipinski definition) is 4. The van der Waals surface area contributed by atoms with Crippen LogP contribution in [0.5, 0.6) is 0 Å². The van der Waals surface area contributed by atoms with Gasteiger partial charge in [-0.2, -0.15) is 47.0 Å². The molecule has 0 saturated carbocycles. The highest BCUT2D eigenvalue weighted by Crippen LogP contribution is 2.38. The first-order valence-electron chi connectivity index (χ1n) is 12.8. The summed E-state index contributed by atoms with van der Waals surface area (Å²) in [4.78, 5) is 0. The van der Waals surface area contributed by atoms with Crippen LogP contribution in [0.4, 0.5) is 0 Å². The zero-order valence-electron chi connectivity index (χ0n) is 21.9. The molecule has 2 rings (SSSR count). The van der Waals surface area contributed by atoms with Crippen molar-refractivity contribution in [3.05, 3.63) is 71.8 Å². The van der Waals surface area contributed by atoms with E-state index in [0.717, 1.165) is 0 Å². The molecule has 2 aromatic rings. The Kier molecular flexibility index (Phi) is 15.3. The summed E-state index contributed by atoms with van der Waals surface area (Å²) < 4.78 is 0. The van der Waals surface area contributed by atoms with Crippen LogP contribution in [0.15, 0.2) is 60.7 Å². The summed E-state index contributed by atoms with van der Waals surface area (Å²) in [7, 11) is 0. The molecule has 4 heteroatoms. The fraction of sp³-hybridized carbons (Fsp3) is 0.600. The SMILES string of the molecule is CSCCSCCC(C)(CCCCC(C)(CCSCCSC)c1ccccc1)c1ccccc1. The second kappa shape index (κ2) is 17.3. The molecule has 0 radical (unpaired) electrons. The van der Waals surface area contributed by atoms with E-state index in [0.29, 0.717) is 0 Å². The molecule has 0 aromatic heterocycles. The molecule has 0 nitrogen and oxygen atoms in total. The van der Waals surface area contributed by atoms with Crippen LogP contribution >= 0.6 is 47.0 Å². The number of benzene rings is 2. The lowest BCUT2D eigenvalue weighted by Crippen LogP contribution is -2.25. The molecule has 0 fully saturated rings. The fourth-order valence-electron chi connectivity index (χ4n) is 4.62. The fourth-order valence-corrected chi connectivity index (χ4v) is 8.50. The molecule has 0 aliphatic rings. The smallest absolute Gasteiger partial charge is 0.00234 e. The average Bonchev–Trinajstić information content (AvgIpc) is 2.87. The van der Waals surface area contributed by atoms with Crippen LogP contribution in [0.25, 0.3) is 0 Å². The third-order valence-electron chi connectivity index (χ3n) is 7.11. The van der Waals surface area contributed by atoms with Gasteiger partial charge in [-0.05, 0) is 71.7 Å². The van der Waals surface area contributed by atoms with Gasteiger partial charge in [0.15, 0.2) is 0 Å². The standard InChI is InChI=1S/C30H46S4/c1-29(19-21-33-25-23-31-3,27-13-7-5-8-14-27)17-11-12-18-30(2,20-22-34-26-24-32-4)28-15-9-6-10-16-28/h5-10,13-16H,11-12,17-26H2,1-4H3. The van der Waals surface area contributed by atoms with E-state index < -0.39 is 0 Å². The highest BCUT2D eigenvalue weighted by Gasteiger charge is 2.28. The molecule has 2 aromatic carbocycles. The predicted octanol–water partition coefficient (Wildman–Crippen LogP) is 9.44. The van der Waals surface area contributed by atoms with Crippen LogP contribution in [0.1, 0.15) is 63.5 Å². The third-order valence-corrected chi connectivity index (χ3v) is 10.8. The summed E-state index contributed by atoms with van der Waals surface area (Å²) in [6.07, 6.45) is 12.2. The maximum atomic E-state index is 2.51. The van der Waals surface area contributed by atoms with Crippen molar-refractivity contribution in [3.63, 3.8) is 0 Å². The van der Waals surface area contributed by atoms with Gasteiger partial charge in [-0.1, -0.05) is 87.4 Å². The summed E-state index contributed by atoms with van der Waals surface area (Å²) in [5.74, 6) is 7.61. The summed E-state index contributed by atoms with van der Waals surface area (Å²) in [5, 5.41) is 0. The molecule has 0 amide bonds. The van der Waals surface area contributed by atoms with Crippen LogP contribution in [0.3, 0.4) is 0 Å². The zero-order chi connectivity index (χ0) is 24.5. The Hall–Kier alpha value is -0.160. The van der Waals surface area contributed by atoms with E-state index in [9.17, 15) is 0 Å². The monoisotopic (exact) mass is 534 g/mol. The normalized spacial score (nSPS) is 15.1. The topological polar surface area (TPSA) is 0 Å². The second-order valence-electron chi connectivity index (χ2n) is 9.77. The Morgan fingerprint density at radius 1 is 0.500 bits per heavy atom. The number of unbranched alkanes of at least 4 members (excludes halogenated alkanes) is 1. The first kappa shape index (κ1) is 30.1. The van der Waals surface area contributed by atoms with E-state index in [2.05, 4.69) is 111 Å². The molecular weight excluding hydrogens is 489 g/mol. The van der Waals surface area contributed by atoms with Gasteiger partial charge < -0.3 is 0 Å². The zero-order valence-corrected chi connectivity index (χ0v) is 25.2. The van der Waals surface area contributed by atoms with E-state index in [1.54, 1.807) is 0 Å². The van der Waals surface area contributed by atoms with Gasteiger partial charge in [0.2, 0.25) is 0 Å². The molecule has 0 aliphatic heterocycles. The molecule has 0 heterocycles. The highest BCUT2D eigenvalue weighted by molar-refractivity contribution is 8.02. The Morgan fingerprint density at radius 3 is 1.24 bits per heavy atom. The second-order valence-corrected chi connectivity index (χ2v) is 14.2. The van der Waals surface area contributed by atoms with Crippen molar-refractivity contribution in [3.8, 4) is 0 Å². The largest absolute Gasteiger partial charge is 0.165 e. The Labute approximate surface area is 228 Å². The summed E-state index contributed by atoms with van der Waals surface area (Å²) >= 11 is 8.18. The predicted molar refractivity (Wildman–Crippen MR) is 167 cm³/mol. The van der Waals surface area contributed by atoms with E-state index in [4.69, 9.17) is 0 Å². The van der Waals surface area contributed by atoms with Gasteiger partial charge in [0.25, 0.3) is 0 Å². The molecule has 2 atom stereocenters. The van der Waals surface area contributed by atoms with Gasteiger partial charge in [-0.3, -0.25) is 0 Å². The van der Waals surface area contributed by atoms with E-state index in [1.807, 2.05) is 23.5 Å². The maximum absolute atomic E-state index is 2.51. The number of thioether (sulfide) groups is 4. The Morgan fingerprint density at radius 2 is 0.882 bits per heavy atom. The van der Waals surface area contributed by atoms with Gasteiger partial charge in [0.05, 0.1) is 0 Å². The van der Waals surface area contributed by atoms with E-state index in [-0.39, 0.29) is 10.8 Å². The lowest BCUT2D eigenvalue weighted by atomic mass is 9.73. The van der Waals surface area contributed by atoms with Crippen LogP contribution in [-0.4, -0.2) is 47.0 Å².